The Labute approximate surface area is 230 Å². The highest BCUT2D eigenvalue weighted by Crippen LogP contribution is 2.47. The number of fused-ring (bicyclic) bond motifs is 1. The van der Waals surface area contributed by atoms with Crippen molar-refractivity contribution in [2.45, 2.75) is 96.8 Å². The molecule has 1 aliphatic carbocycles. The van der Waals surface area contributed by atoms with Gasteiger partial charge in [-0.1, -0.05) is 82.7 Å². The lowest BCUT2D eigenvalue weighted by Crippen LogP contribution is -2.50. The van der Waals surface area contributed by atoms with E-state index >= 15 is 0 Å². The van der Waals surface area contributed by atoms with Crippen LogP contribution in [0.5, 0.6) is 11.5 Å². The zero-order chi connectivity index (χ0) is 26.4. The van der Waals surface area contributed by atoms with Gasteiger partial charge < -0.3 is 20.1 Å². The molecule has 0 saturated heterocycles. The lowest BCUT2D eigenvalue weighted by Gasteiger charge is -2.44. The second-order valence-corrected chi connectivity index (χ2v) is 11.8. The molecule has 5 heteroatoms. The molecule has 5 rings (SSSR count). The number of hydrogen-bond donors (Lipinski definition) is 1. The molecule has 0 amide bonds. The Morgan fingerprint density at radius 2 is 1.71 bits per heavy atom. The van der Waals surface area contributed by atoms with Crippen LogP contribution in [-0.2, 0) is 6.54 Å². The molecule has 0 spiro atoms. The molecule has 1 fully saturated rings. The minimum absolute atomic E-state index is 0.0705. The third-order valence-electron chi connectivity index (χ3n) is 8.84. The van der Waals surface area contributed by atoms with Gasteiger partial charge in [0, 0.05) is 23.6 Å². The fourth-order valence-electron chi connectivity index (χ4n) is 6.97. The first-order chi connectivity index (χ1) is 18.6. The molecule has 2 aliphatic heterocycles. The van der Waals surface area contributed by atoms with Gasteiger partial charge in [-0.25, -0.2) is 0 Å². The number of nitrogens with two attached hydrogens (primary N) is 1. The standard InChI is InChI=1S/C33H48N3O2/c1-3-5-17-29(34)30-24-36(22-26-13-9-7-10-14-26,23-27-18-19-31-32(21-27)38-25-37-31)33(35(30)20-6-4-2)28-15-11-8-12-16-28/h8,11-12,15-16,18-19,21,24,26,29,33H,3-7,9-10,13-14,17,20,22-23,25,34H2,1-2H3/q+1/t29-,33?,36?/m1/s1. The van der Waals surface area contributed by atoms with Gasteiger partial charge in [-0.05, 0) is 43.9 Å². The Hall–Kier alpha value is -2.50. The third kappa shape index (κ3) is 5.89. The SMILES string of the molecule is CCCC[C@@H](N)C1=C[N+](Cc2ccc3c(c2)OCO3)(CC2CCCCC2)C(c2ccccc2)N1CCCC. The molecule has 3 aliphatic rings. The molecule has 2 aromatic carbocycles. The smallest absolute Gasteiger partial charge is 0.231 e. The Balaban J connectivity index is 1.61. The number of nitrogens with zero attached hydrogens (tertiary/aromatic N) is 2. The summed E-state index contributed by atoms with van der Waals surface area (Å²) in [6.07, 6.45) is 15.4. The van der Waals surface area contributed by atoms with Crippen molar-refractivity contribution in [3.8, 4) is 11.5 Å². The first-order valence-electron chi connectivity index (χ1n) is 15.2. The molecule has 2 N–H and O–H groups in total. The zero-order valence-corrected chi connectivity index (χ0v) is 23.6. The summed E-state index contributed by atoms with van der Waals surface area (Å²) in [6.45, 7) is 8.01. The van der Waals surface area contributed by atoms with Gasteiger partial charge in [-0.3, -0.25) is 4.48 Å². The van der Waals surface area contributed by atoms with Crippen LogP contribution in [0.1, 0.15) is 95.3 Å². The van der Waals surface area contributed by atoms with Gasteiger partial charge >= 0.3 is 0 Å². The summed E-state index contributed by atoms with van der Waals surface area (Å²) in [5.74, 6) is 2.47. The number of ether oxygens (including phenoxy) is 2. The van der Waals surface area contributed by atoms with E-state index in [0.717, 1.165) is 48.0 Å². The van der Waals surface area contributed by atoms with Crippen molar-refractivity contribution in [3.05, 3.63) is 71.6 Å². The Morgan fingerprint density at radius 3 is 2.47 bits per heavy atom. The van der Waals surface area contributed by atoms with Gasteiger partial charge in [-0.2, -0.15) is 0 Å². The summed E-state index contributed by atoms with van der Waals surface area (Å²) in [5, 5.41) is 0. The number of hydrogen-bond acceptors (Lipinski definition) is 4. The summed E-state index contributed by atoms with van der Waals surface area (Å²) in [6, 6.07) is 17.9. The minimum atomic E-state index is 0.0705. The Kier molecular flexibility index (Phi) is 8.96. The van der Waals surface area contributed by atoms with Crippen molar-refractivity contribution in [2.75, 3.05) is 19.9 Å². The Bertz CT molecular complexity index is 1070. The minimum Gasteiger partial charge on any atom is -0.454 e. The van der Waals surface area contributed by atoms with E-state index in [4.69, 9.17) is 15.2 Å². The first-order valence-corrected chi connectivity index (χ1v) is 15.2. The number of unbranched alkanes of at least 4 members (excludes halogenated alkanes) is 2. The van der Waals surface area contributed by atoms with Crippen LogP contribution in [0.15, 0.2) is 60.4 Å². The van der Waals surface area contributed by atoms with Crippen LogP contribution >= 0.6 is 0 Å². The molecular formula is C33H48N3O2+. The lowest BCUT2D eigenvalue weighted by molar-refractivity contribution is -0.929. The van der Waals surface area contributed by atoms with Crippen molar-refractivity contribution in [2.24, 2.45) is 11.7 Å². The molecule has 206 valence electrons. The first kappa shape index (κ1) is 27.1. The van der Waals surface area contributed by atoms with E-state index in [0.29, 0.717) is 6.79 Å². The van der Waals surface area contributed by atoms with E-state index < -0.39 is 0 Å². The highest BCUT2D eigenvalue weighted by molar-refractivity contribution is 5.44. The van der Waals surface area contributed by atoms with E-state index in [1.807, 2.05) is 0 Å². The molecular weight excluding hydrogens is 470 g/mol. The quantitative estimate of drug-likeness (QED) is 0.296. The van der Waals surface area contributed by atoms with Crippen LogP contribution < -0.4 is 15.2 Å². The molecule has 0 radical (unpaired) electrons. The third-order valence-corrected chi connectivity index (χ3v) is 8.84. The van der Waals surface area contributed by atoms with Gasteiger partial charge in [0.2, 0.25) is 6.79 Å². The van der Waals surface area contributed by atoms with Gasteiger partial charge in [0.05, 0.1) is 18.3 Å². The number of rotatable bonds is 12. The normalized spacial score (nSPS) is 24.0. The molecule has 38 heavy (non-hydrogen) atoms. The molecule has 0 bridgehead atoms. The molecule has 2 aromatic rings. The molecule has 5 nitrogen and oxygen atoms in total. The van der Waals surface area contributed by atoms with Crippen LogP contribution in [0, 0.1) is 5.92 Å². The highest BCUT2D eigenvalue weighted by Gasteiger charge is 2.50. The topological polar surface area (TPSA) is 47.7 Å². The molecule has 3 atom stereocenters. The molecule has 0 aromatic heterocycles. The number of benzene rings is 2. The largest absolute Gasteiger partial charge is 0.454 e. The van der Waals surface area contributed by atoms with Gasteiger partial charge in [0.1, 0.15) is 12.7 Å². The summed E-state index contributed by atoms with van der Waals surface area (Å²) >= 11 is 0. The fraction of sp³-hybridized carbons (Fsp3) is 0.576. The van der Waals surface area contributed by atoms with Gasteiger partial charge in [0.25, 0.3) is 0 Å². The van der Waals surface area contributed by atoms with Crippen LogP contribution in [0.2, 0.25) is 0 Å². The van der Waals surface area contributed by atoms with Gasteiger partial charge in [0.15, 0.2) is 17.7 Å². The summed E-state index contributed by atoms with van der Waals surface area (Å²) < 4.78 is 12.4. The molecule has 2 unspecified atom stereocenters. The van der Waals surface area contributed by atoms with Crippen molar-refractivity contribution in [1.82, 2.24) is 4.90 Å². The molecule has 2 heterocycles. The average molecular weight is 519 g/mol. The van der Waals surface area contributed by atoms with Crippen molar-refractivity contribution >= 4 is 0 Å². The lowest BCUT2D eigenvalue weighted by atomic mass is 9.87. The monoisotopic (exact) mass is 518 g/mol. The summed E-state index contributed by atoms with van der Waals surface area (Å²) in [7, 11) is 0. The predicted molar refractivity (Wildman–Crippen MR) is 154 cm³/mol. The fourth-order valence-corrected chi connectivity index (χ4v) is 6.97. The second kappa shape index (κ2) is 12.6. The second-order valence-electron chi connectivity index (χ2n) is 11.8. The van der Waals surface area contributed by atoms with Crippen LogP contribution in [0.4, 0.5) is 0 Å². The summed E-state index contributed by atoms with van der Waals surface area (Å²) in [5.41, 5.74) is 11.1. The van der Waals surface area contributed by atoms with Crippen molar-refractivity contribution < 1.29 is 14.0 Å². The number of quaternary nitrogens is 1. The maximum absolute atomic E-state index is 7.03. The van der Waals surface area contributed by atoms with Crippen LogP contribution in [-0.4, -0.2) is 35.3 Å². The molecule has 1 saturated carbocycles. The van der Waals surface area contributed by atoms with Gasteiger partial charge in [-0.15, -0.1) is 0 Å². The van der Waals surface area contributed by atoms with Crippen LogP contribution in [0.3, 0.4) is 0 Å². The van der Waals surface area contributed by atoms with E-state index in [1.54, 1.807) is 0 Å². The van der Waals surface area contributed by atoms with Crippen molar-refractivity contribution in [3.63, 3.8) is 0 Å². The van der Waals surface area contributed by atoms with E-state index in [2.05, 4.69) is 73.5 Å². The summed E-state index contributed by atoms with van der Waals surface area (Å²) in [4.78, 5) is 2.70. The maximum atomic E-state index is 7.03. The zero-order valence-electron chi connectivity index (χ0n) is 23.6. The maximum Gasteiger partial charge on any atom is 0.231 e. The highest BCUT2D eigenvalue weighted by atomic mass is 16.7. The Morgan fingerprint density at radius 1 is 0.947 bits per heavy atom. The van der Waals surface area contributed by atoms with E-state index in [9.17, 15) is 0 Å². The van der Waals surface area contributed by atoms with Crippen molar-refractivity contribution in [1.29, 1.82) is 0 Å². The van der Waals surface area contributed by atoms with E-state index in [1.165, 1.54) is 74.6 Å². The predicted octanol–water partition coefficient (Wildman–Crippen LogP) is 7.49. The van der Waals surface area contributed by atoms with E-state index in [-0.39, 0.29) is 12.2 Å². The average Bonchev–Trinajstić information content (AvgIpc) is 3.53. The van der Waals surface area contributed by atoms with Crippen LogP contribution in [0.25, 0.3) is 0 Å².